The average Bonchev–Trinajstić information content (AvgIpc) is 3.05. The number of aromatic amines is 1. The van der Waals surface area contributed by atoms with E-state index in [1.165, 1.54) is 0 Å². The molecule has 1 saturated heterocycles. The first kappa shape index (κ1) is 15.6. The van der Waals surface area contributed by atoms with Gasteiger partial charge in [0.25, 0.3) is 0 Å². The third-order valence-electron chi connectivity index (χ3n) is 4.95. The Balaban J connectivity index is 1.67. The van der Waals surface area contributed by atoms with Gasteiger partial charge in [-0.1, -0.05) is 12.1 Å². The number of nitriles is 1. The number of H-pyrrole nitrogens is 1. The molecular weight excluding hydrogens is 310 g/mol. The number of aromatic nitrogens is 3. The van der Waals surface area contributed by atoms with Crippen molar-refractivity contribution in [1.82, 2.24) is 15.0 Å². The van der Waals surface area contributed by atoms with Crippen molar-refractivity contribution in [3.05, 3.63) is 53.0 Å². The fraction of sp³-hybridized carbons (Fsp3) is 0.350. The quantitative estimate of drug-likeness (QED) is 0.775. The molecule has 0 spiro atoms. The first-order valence-electron chi connectivity index (χ1n) is 8.73. The van der Waals surface area contributed by atoms with E-state index in [9.17, 15) is 5.26 Å². The highest BCUT2D eigenvalue weighted by atomic mass is 15.2. The second-order valence-electron chi connectivity index (χ2n) is 6.82. The third kappa shape index (κ3) is 2.85. The van der Waals surface area contributed by atoms with E-state index in [2.05, 4.69) is 27.0 Å². The molecule has 25 heavy (non-hydrogen) atoms. The van der Waals surface area contributed by atoms with Crippen LogP contribution in [-0.4, -0.2) is 28.0 Å². The van der Waals surface area contributed by atoms with Crippen LogP contribution >= 0.6 is 0 Å². The summed E-state index contributed by atoms with van der Waals surface area (Å²) >= 11 is 0. The Labute approximate surface area is 147 Å². The third-order valence-corrected chi connectivity index (χ3v) is 4.95. The van der Waals surface area contributed by atoms with Crippen LogP contribution in [0, 0.1) is 25.2 Å². The Hall–Kier alpha value is -2.87. The SMILES string of the molecule is Cc1cc(C)c(C#N)c(N2CCC[C@@H](c3nc4ccccc4[nH]3)C2)n1. The van der Waals surface area contributed by atoms with Crippen LogP contribution in [0.4, 0.5) is 5.82 Å². The maximum atomic E-state index is 9.56. The minimum absolute atomic E-state index is 0.329. The standard InChI is InChI=1S/C20H21N5/c1-13-10-14(2)22-20(16(13)11-21)25-9-5-6-15(12-25)19-23-17-7-3-4-8-18(17)24-19/h3-4,7-8,10,15H,5-6,9,12H2,1-2H3,(H,23,24)/t15-/m1/s1. The van der Waals surface area contributed by atoms with E-state index in [0.717, 1.165) is 59.9 Å². The van der Waals surface area contributed by atoms with Crippen molar-refractivity contribution >= 4 is 16.9 Å². The molecule has 0 radical (unpaired) electrons. The number of anilines is 1. The molecule has 0 saturated carbocycles. The zero-order valence-electron chi connectivity index (χ0n) is 14.6. The Kier molecular flexibility index (Phi) is 3.89. The lowest BCUT2D eigenvalue weighted by atomic mass is 9.96. The van der Waals surface area contributed by atoms with Crippen LogP contribution in [0.2, 0.25) is 0 Å². The molecule has 3 heterocycles. The largest absolute Gasteiger partial charge is 0.355 e. The summed E-state index contributed by atoms with van der Waals surface area (Å²) in [5.41, 5.74) is 4.73. The van der Waals surface area contributed by atoms with Crippen LogP contribution in [0.5, 0.6) is 0 Å². The smallest absolute Gasteiger partial charge is 0.147 e. The molecule has 1 fully saturated rings. The highest BCUT2D eigenvalue weighted by Gasteiger charge is 2.26. The van der Waals surface area contributed by atoms with Crippen molar-refractivity contribution in [2.45, 2.75) is 32.6 Å². The predicted molar refractivity (Wildman–Crippen MR) is 98.7 cm³/mol. The van der Waals surface area contributed by atoms with E-state index in [4.69, 9.17) is 4.98 Å². The molecular formula is C20H21N5. The molecule has 3 aromatic rings. The van der Waals surface area contributed by atoms with E-state index in [-0.39, 0.29) is 0 Å². The molecule has 0 aliphatic carbocycles. The molecule has 4 rings (SSSR count). The minimum Gasteiger partial charge on any atom is -0.355 e. The van der Waals surface area contributed by atoms with Crippen LogP contribution in [0.25, 0.3) is 11.0 Å². The van der Waals surface area contributed by atoms with Crippen LogP contribution < -0.4 is 4.90 Å². The number of rotatable bonds is 2. The van der Waals surface area contributed by atoms with Gasteiger partial charge in [0.05, 0.1) is 16.6 Å². The topological polar surface area (TPSA) is 68.6 Å². The van der Waals surface area contributed by atoms with Crippen molar-refractivity contribution in [3.63, 3.8) is 0 Å². The number of hydrogen-bond donors (Lipinski definition) is 1. The number of para-hydroxylation sites is 2. The predicted octanol–water partition coefficient (Wildman–Crippen LogP) is 3.83. The summed E-state index contributed by atoms with van der Waals surface area (Å²) in [6, 6.07) is 12.4. The molecule has 1 aliphatic heterocycles. The lowest BCUT2D eigenvalue weighted by Crippen LogP contribution is -2.36. The minimum atomic E-state index is 0.329. The molecule has 1 aromatic carbocycles. The van der Waals surface area contributed by atoms with Crippen molar-refractivity contribution in [3.8, 4) is 6.07 Å². The normalized spacial score (nSPS) is 17.6. The van der Waals surface area contributed by atoms with Crippen LogP contribution in [-0.2, 0) is 0 Å². The summed E-state index contributed by atoms with van der Waals surface area (Å²) < 4.78 is 0. The van der Waals surface area contributed by atoms with Crippen LogP contribution in [0.15, 0.2) is 30.3 Å². The lowest BCUT2D eigenvalue weighted by Gasteiger charge is -2.33. The first-order chi connectivity index (χ1) is 12.2. The van der Waals surface area contributed by atoms with Gasteiger partial charge in [0.2, 0.25) is 0 Å². The van der Waals surface area contributed by atoms with E-state index in [0.29, 0.717) is 11.5 Å². The Bertz CT molecular complexity index is 933. The second-order valence-corrected chi connectivity index (χ2v) is 6.82. The molecule has 0 unspecified atom stereocenters. The fourth-order valence-corrected chi connectivity index (χ4v) is 3.74. The van der Waals surface area contributed by atoms with Crippen LogP contribution in [0.3, 0.4) is 0 Å². The van der Waals surface area contributed by atoms with Crippen LogP contribution in [0.1, 0.15) is 41.4 Å². The van der Waals surface area contributed by atoms with Gasteiger partial charge < -0.3 is 9.88 Å². The molecule has 126 valence electrons. The maximum absolute atomic E-state index is 9.56. The van der Waals surface area contributed by atoms with Gasteiger partial charge in [-0.25, -0.2) is 9.97 Å². The van der Waals surface area contributed by atoms with Gasteiger partial charge in [0.1, 0.15) is 17.7 Å². The van der Waals surface area contributed by atoms with Gasteiger partial charge in [-0.15, -0.1) is 0 Å². The summed E-state index contributed by atoms with van der Waals surface area (Å²) in [6.45, 7) is 5.74. The number of benzene rings is 1. The van der Waals surface area contributed by atoms with Gasteiger partial charge in [0, 0.05) is 24.7 Å². The van der Waals surface area contributed by atoms with Crippen molar-refractivity contribution in [1.29, 1.82) is 5.26 Å². The van der Waals surface area contributed by atoms with Gasteiger partial charge >= 0.3 is 0 Å². The summed E-state index contributed by atoms with van der Waals surface area (Å²) in [5, 5.41) is 9.56. The average molecular weight is 331 g/mol. The zero-order chi connectivity index (χ0) is 17.4. The van der Waals surface area contributed by atoms with Gasteiger partial charge in [-0.3, -0.25) is 0 Å². The summed E-state index contributed by atoms with van der Waals surface area (Å²) in [7, 11) is 0. The number of pyridine rings is 1. The number of aryl methyl sites for hydroxylation is 2. The van der Waals surface area contributed by atoms with Gasteiger partial charge in [0.15, 0.2) is 0 Å². The Morgan fingerprint density at radius 1 is 1.24 bits per heavy atom. The Morgan fingerprint density at radius 2 is 2.08 bits per heavy atom. The van der Waals surface area contributed by atoms with E-state index in [1.54, 1.807) is 0 Å². The summed E-state index contributed by atoms with van der Waals surface area (Å²) in [4.78, 5) is 15.2. The molecule has 2 aromatic heterocycles. The maximum Gasteiger partial charge on any atom is 0.147 e. The fourth-order valence-electron chi connectivity index (χ4n) is 3.74. The van der Waals surface area contributed by atoms with Gasteiger partial charge in [-0.2, -0.15) is 5.26 Å². The van der Waals surface area contributed by atoms with Crippen molar-refractivity contribution < 1.29 is 0 Å². The molecule has 1 N–H and O–H groups in total. The van der Waals surface area contributed by atoms with Gasteiger partial charge in [-0.05, 0) is 50.5 Å². The summed E-state index contributed by atoms with van der Waals surface area (Å²) in [6.07, 6.45) is 2.17. The van der Waals surface area contributed by atoms with E-state index >= 15 is 0 Å². The van der Waals surface area contributed by atoms with E-state index < -0.39 is 0 Å². The highest BCUT2D eigenvalue weighted by Crippen LogP contribution is 2.31. The first-order valence-corrected chi connectivity index (χ1v) is 8.73. The monoisotopic (exact) mass is 331 g/mol. The van der Waals surface area contributed by atoms with E-state index in [1.807, 2.05) is 38.1 Å². The lowest BCUT2D eigenvalue weighted by molar-refractivity contribution is 0.492. The molecule has 0 bridgehead atoms. The van der Waals surface area contributed by atoms with Crippen molar-refractivity contribution in [2.75, 3.05) is 18.0 Å². The molecule has 5 nitrogen and oxygen atoms in total. The number of nitrogens with zero attached hydrogens (tertiary/aromatic N) is 4. The number of fused-ring (bicyclic) bond motifs is 1. The highest BCUT2D eigenvalue weighted by molar-refractivity contribution is 5.74. The molecule has 0 amide bonds. The Morgan fingerprint density at radius 3 is 2.88 bits per heavy atom. The molecule has 5 heteroatoms. The summed E-state index contributed by atoms with van der Waals surface area (Å²) in [5.74, 6) is 2.19. The number of hydrogen-bond acceptors (Lipinski definition) is 4. The number of imidazole rings is 1. The van der Waals surface area contributed by atoms with Crippen molar-refractivity contribution in [2.24, 2.45) is 0 Å². The number of piperidine rings is 1. The zero-order valence-corrected chi connectivity index (χ0v) is 14.6. The number of nitrogens with one attached hydrogen (secondary N) is 1. The molecule has 1 atom stereocenters. The second kappa shape index (κ2) is 6.21. The molecule has 1 aliphatic rings.